The van der Waals surface area contributed by atoms with Crippen LogP contribution in [-0.4, -0.2) is 72.6 Å². The van der Waals surface area contributed by atoms with Crippen molar-refractivity contribution in [2.75, 3.05) is 44.7 Å². The van der Waals surface area contributed by atoms with E-state index in [2.05, 4.69) is 18.5 Å². The van der Waals surface area contributed by atoms with Gasteiger partial charge in [0, 0.05) is 31.1 Å². The molecular weight excluding hydrogens is 526 g/mol. The summed E-state index contributed by atoms with van der Waals surface area (Å²) in [5.41, 5.74) is 2.20. The number of benzene rings is 3. The number of amides is 2. The number of carbonyl (C=O) groups is 2. The molecule has 1 atom stereocenters. The van der Waals surface area contributed by atoms with Gasteiger partial charge in [0.2, 0.25) is 5.91 Å². The monoisotopic (exact) mass is 559 g/mol. The zero-order valence-corrected chi connectivity index (χ0v) is 23.4. The highest BCUT2D eigenvalue weighted by atomic mass is 35.5. The van der Waals surface area contributed by atoms with Gasteiger partial charge in [0.25, 0.3) is 5.91 Å². The molecular formula is C32H34ClN3O4. The number of ether oxygens (including phenoxy) is 1. The molecule has 8 heteroatoms. The summed E-state index contributed by atoms with van der Waals surface area (Å²) in [5.74, 6) is 1.21. The van der Waals surface area contributed by atoms with Gasteiger partial charge in [0.05, 0.1) is 10.7 Å². The molecule has 3 aromatic rings. The summed E-state index contributed by atoms with van der Waals surface area (Å²) in [7, 11) is 2.13. The van der Waals surface area contributed by atoms with Crippen molar-refractivity contribution in [3.05, 3.63) is 66.2 Å². The van der Waals surface area contributed by atoms with Crippen LogP contribution in [0.3, 0.4) is 0 Å². The van der Waals surface area contributed by atoms with Crippen molar-refractivity contribution in [2.24, 2.45) is 11.8 Å². The number of fused-ring (bicyclic) bond motifs is 2. The zero-order valence-electron chi connectivity index (χ0n) is 22.7. The number of hydrogen-bond donors (Lipinski definition) is 1. The summed E-state index contributed by atoms with van der Waals surface area (Å²) < 4.78 is 6.47. The molecule has 2 fully saturated rings. The minimum atomic E-state index is -0.582. The number of piperidine rings is 1. The summed E-state index contributed by atoms with van der Waals surface area (Å²) in [6, 6.07) is 15.0. The fourth-order valence-electron chi connectivity index (χ4n) is 6.26. The van der Waals surface area contributed by atoms with E-state index >= 15 is 0 Å². The predicted molar refractivity (Wildman–Crippen MR) is 158 cm³/mol. The molecule has 3 heterocycles. The van der Waals surface area contributed by atoms with Crippen LogP contribution in [0, 0.1) is 11.8 Å². The Morgan fingerprint density at radius 1 is 1.10 bits per heavy atom. The van der Waals surface area contributed by atoms with Crippen molar-refractivity contribution in [3.63, 3.8) is 0 Å². The van der Waals surface area contributed by atoms with E-state index in [0.717, 1.165) is 47.8 Å². The Morgan fingerprint density at radius 2 is 1.85 bits per heavy atom. The van der Waals surface area contributed by atoms with Crippen LogP contribution in [0.1, 0.15) is 19.3 Å². The van der Waals surface area contributed by atoms with Crippen molar-refractivity contribution in [1.29, 1.82) is 0 Å². The summed E-state index contributed by atoms with van der Waals surface area (Å²) in [6.07, 6.45) is 3.50. The van der Waals surface area contributed by atoms with E-state index in [1.807, 2.05) is 35.2 Å². The molecule has 2 saturated heterocycles. The van der Waals surface area contributed by atoms with Gasteiger partial charge >= 0.3 is 0 Å². The van der Waals surface area contributed by atoms with Gasteiger partial charge < -0.3 is 24.5 Å². The third-order valence-electron chi connectivity index (χ3n) is 8.56. The summed E-state index contributed by atoms with van der Waals surface area (Å²) in [4.78, 5) is 31.7. The smallest absolute Gasteiger partial charge is 0.268 e. The molecule has 7 nitrogen and oxygen atoms in total. The molecule has 1 unspecified atom stereocenters. The van der Waals surface area contributed by atoms with Crippen LogP contribution in [0.15, 0.2) is 61.2 Å². The standard InChI is InChI=1S/C32H34ClN3O4/c1-3-31(38)35-17-21(18-35)19-36-28-16-27(33)26(25-14-23(37)13-22-6-4-5-7-24(22)25)15-29(28)40-30(32(36)39)12-20-8-10-34(2)11-9-20/h3-7,13-16,20-21,30,37H,1,8-12,17-19H2,2H3. The normalized spacial score (nSPS) is 20.2. The molecule has 0 aliphatic carbocycles. The lowest BCUT2D eigenvalue weighted by molar-refractivity contribution is -0.132. The van der Waals surface area contributed by atoms with Gasteiger partial charge in [-0.1, -0.05) is 42.4 Å². The molecule has 6 rings (SSSR count). The number of nitrogens with zero attached hydrogens (tertiary/aromatic N) is 3. The Morgan fingerprint density at radius 3 is 2.60 bits per heavy atom. The Kier molecular flexibility index (Phi) is 7.19. The van der Waals surface area contributed by atoms with Gasteiger partial charge in [0.15, 0.2) is 6.10 Å². The number of carbonyl (C=O) groups excluding carboxylic acids is 2. The zero-order chi connectivity index (χ0) is 28.0. The van der Waals surface area contributed by atoms with Gasteiger partial charge in [0.1, 0.15) is 11.5 Å². The predicted octanol–water partition coefficient (Wildman–Crippen LogP) is 5.34. The highest BCUT2D eigenvalue weighted by Gasteiger charge is 2.40. The van der Waals surface area contributed by atoms with E-state index in [9.17, 15) is 14.7 Å². The van der Waals surface area contributed by atoms with E-state index in [1.54, 1.807) is 23.1 Å². The van der Waals surface area contributed by atoms with E-state index in [-0.39, 0.29) is 23.5 Å². The van der Waals surface area contributed by atoms with Crippen LogP contribution >= 0.6 is 11.6 Å². The summed E-state index contributed by atoms with van der Waals surface area (Å²) >= 11 is 6.89. The van der Waals surface area contributed by atoms with Gasteiger partial charge in [-0.25, -0.2) is 0 Å². The number of phenolic OH excluding ortho intramolecular Hbond substituents is 1. The minimum absolute atomic E-state index is 0.0495. The van der Waals surface area contributed by atoms with Gasteiger partial charge in [-0.3, -0.25) is 9.59 Å². The summed E-state index contributed by atoms with van der Waals surface area (Å²) in [5, 5.41) is 12.8. The van der Waals surface area contributed by atoms with Crippen molar-refractivity contribution in [1.82, 2.24) is 9.80 Å². The van der Waals surface area contributed by atoms with Crippen LogP contribution in [-0.2, 0) is 9.59 Å². The average molecular weight is 560 g/mol. The number of halogens is 1. The number of likely N-dealkylation sites (tertiary alicyclic amines) is 2. The molecule has 40 heavy (non-hydrogen) atoms. The van der Waals surface area contributed by atoms with Crippen LogP contribution in [0.2, 0.25) is 5.02 Å². The topological polar surface area (TPSA) is 73.3 Å². The highest BCUT2D eigenvalue weighted by Crippen LogP contribution is 2.45. The Labute approximate surface area is 239 Å². The quantitative estimate of drug-likeness (QED) is 0.413. The maximum atomic E-state index is 13.9. The maximum absolute atomic E-state index is 13.9. The molecule has 3 aliphatic rings. The van der Waals surface area contributed by atoms with Gasteiger partial charge in [-0.2, -0.15) is 0 Å². The largest absolute Gasteiger partial charge is 0.508 e. The Bertz CT molecular complexity index is 1480. The van der Waals surface area contributed by atoms with Crippen molar-refractivity contribution >= 4 is 39.9 Å². The molecule has 0 radical (unpaired) electrons. The number of anilines is 1. The second-order valence-electron chi connectivity index (χ2n) is 11.4. The van der Waals surface area contributed by atoms with Gasteiger partial charge in [-0.05, 0) is 92.0 Å². The molecule has 0 saturated carbocycles. The minimum Gasteiger partial charge on any atom is -0.508 e. The first-order valence-corrected chi connectivity index (χ1v) is 14.3. The molecule has 0 aromatic heterocycles. The van der Waals surface area contributed by atoms with E-state index in [1.165, 1.54) is 6.08 Å². The number of hydrogen-bond acceptors (Lipinski definition) is 5. The number of phenols is 1. The van der Waals surface area contributed by atoms with Crippen LogP contribution in [0.25, 0.3) is 21.9 Å². The third kappa shape index (κ3) is 5.04. The van der Waals surface area contributed by atoms with Crippen molar-refractivity contribution < 1.29 is 19.4 Å². The van der Waals surface area contributed by atoms with Crippen LogP contribution in [0.4, 0.5) is 5.69 Å². The molecule has 3 aromatic carbocycles. The molecule has 0 spiro atoms. The molecule has 3 aliphatic heterocycles. The molecule has 208 valence electrons. The first-order chi connectivity index (χ1) is 19.3. The Hall–Kier alpha value is -3.55. The van der Waals surface area contributed by atoms with Crippen molar-refractivity contribution in [2.45, 2.75) is 25.4 Å². The highest BCUT2D eigenvalue weighted by molar-refractivity contribution is 6.34. The maximum Gasteiger partial charge on any atom is 0.268 e. The first-order valence-electron chi connectivity index (χ1n) is 13.9. The van der Waals surface area contributed by atoms with Crippen LogP contribution < -0.4 is 9.64 Å². The van der Waals surface area contributed by atoms with Crippen molar-refractivity contribution in [3.8, 4) is 22.6 Å². The number of aromatic hydroxyl groups is 1. The fourth-order valence-corrected chi connectivity index (χ4v) is 6.52. The van der Waals surface area contributed by atoms with E-state index < -0.39 is 6.10 Å². The SMILES string of the molecule is C=CC(=O)N1CC(CN2C(=O)C(CC3CCN(C)CC3)Oc3cc(-c4cc(O)cc5ccccc45)c(Cl)cc32)C1. The third-order valence-corrected chi connectivity index (χ3v) is 8.87. The fraction of sp³-hybridized carbons (Fsp3) is 0.375. The molecule has 1 N–H and O–H groups in total. The molecule has 0 bridgehead atoms. The Balaban J connectivity index is 1.35. The van der Waals surface area contributed by atoms with Gasteiger partial charge in [-0.15, -0.1) is 0 Å². The molecule has 2 amide bonds. The number of rotatable bonds is 6. The lowest BCUT2D eigenvalue weighted by Gasteiger charge is -2.43. The lowest BCUT2D eigenvalue weighted by atomic mass is 9.89. The second-order valence-corrected chi connectivity index (χ2v) is 11.8. The van der Waals surface area contributed by atoms with E-state index in [0.29, 0.717) is 48.4 Å². The first kappa shape index (κ1) is 26.7. The average Bonchev–Trinajstić information content (AvgIpc) is 2.92. The van der Waals surface area contributed by atoms with Crippen LogP contribution in [0.5, 0.6) is 11.5 Å². The lowest BCUT2D eigenvalue weighted by Crippen LogP contribution is -2.56. The summed E-state index contributed by atoms with van der Waals surface area (Å²) in [6.45, 7) is 7.28. The second kappa shape index (κ2) is 10.8. The van der Waals surface area contributed by atoms with E-state index in [4.69, 9.17) is 16.3 Å².